The zero-order valence-electron chi connectivity index (χ0n) is 12.4. The molecule has 106 valence electrons. The Morgan fingerprint density at radius 3 is 3.00 bits per heavy atom. The third-order valence-electron chi connectivity index (χ3n) is 3.53. The average Bonchev–Trinajstić information content (AvgIpc) is 2.38. The maximum atomic E-state index is 4.56. The van der Waals surface area contributed by atoms with Crippen LogP contribution in [0.1, 0.15) is 39.3 Å². The zero-order valence-corrected chi connectivity index (χ0v) is 13.3. The molecule has 1 aromatic rings. The Bertz CT molecular complexity index is 420. The first-order valence-electron chi connectivity index (χ1n) is 7.10. The van der Waals surface area contributed by atoms with Crippen molar-refractivity contribution in [1.82, 2.24) is 10.3 Å². The van der Waals surface area contributed by atoms with Gasteiger partial charge < -0.3 is 10.2 Å². The number of hydrogen-bond donors (Lipinski definition) is 1. The van der Waals surface area contributed by atoms with Crippen molar-refractivity contribution in [3.63, 3.8) is 0 Å². The van der Waals surface area contributed by atoms with Gasteiger partial charge in [-0.1, -0.05) is 6.92 Å². The normalized spacial score (nSPS) is 20.3. The summed E-state index contributed by atoms with van der Waals surface area (Å²) in [6, 6.07) is 4.74. The number of aromatic nitrogens is 1. The van der Waals surface area contributed by atoms with E-state index >= 15 is 0 Å². The molecule has 1 atom stereocenters. The zero-order chi connectivity index (χ0) is 13.9. The molecule has 0 aromatic carbocycles. The molecule has 2 rings (SSSR count). The van der Waals surface area contributed by atoms with Gasteiger partial charge in [0.25, 0.3) is 0 Å². The van der Waals surface area contributed by atoms with Gasteiger partial charge in [-0.15, -0.1) is 0 Å². The van der Waals surface area contributed by atoms with E-state index in [0.29, 0.717) is 10.8 Å². The van der Waals surface area contributed by atoms with E-state index in [9.17, 15) is 0 Å². The Morgan fingerprint density at radius 2 is 2.32 bits per heavy atom. The van der Waals surface area contributed by atoms with Crippen LogP contribution in [-0.2, 0) is 0 Å². The summed E-state index contributed by atoms with van der Waals surface area (Å²) in [7, 11) is 0. The van der Waals surface area contributed by atoms with E-state index in [4.69, 9.17) is 0 Å². The summed E-state index contributed by atoms with van der Waals surface area (Å²) in [5, 5.41) is 3.46. The standard InChI is InChI=1S/C15H25N3S/c1-5-16-12(2)13-6-7-17-14(10-13)18-8-9-19-15(3,4)11-18/h6-7,10,12,16H,5,8-9,11H2,1-4H3. The predicted octanol–water partition coefficient (Wildman–Crippen LogP) is 3.08. The molecule has 1 aliphatic heterocycles. The third kappa shape index (κ3) is 3.86. The van der Waals surface area contributed by atoms with E-state index in [1.807, 2.05) is 6.20 Å². The summed E-state index contributed by atoms with van der Waals surface area (Å²) < 4.78 is 0.323. The van der Waals surface area contributed by atoms with Gasteiger partial charge in [0.15, 0.2) is 0 Å². The number of hydrogen-bond acceptors (Lipinski definition) is 4. The van der Waals surface area contributed by atoms with E-state index < -0.39 is 0 Å². The van der Waals surface area contributed by atoms with Crippen LogP contribution in [0.4, 0.5) is 5.82 Å². The summed E-state index contributed by atoms with van der Waals surface area (Å²) in [6.07, 6.45) is 1.94. The van der Waals surface area contributed by atoms with Crippen LogP contribution in [0.25, 0.3) is 0 Å². The highest BCUT2D eigenvalue weighted by Gasteiger charge is 2.27. The van der Waals surface area contributed by atoms with E-state index in [0.717, 1.165) is 25.5 Å². The summed E-state index contributed by atoms with van der Waals surface area (Å²) in [5.74, 6) is 2.30. The molecular formula is C15H25N3S. The molecule has 1 unspecified atom stereocenters. The van der Waals surface area contributed by atoms with Crippen molar-refractivity contribution in [2.75, 3.05) is 30.3 Å². The fourth-order valence-corrected chi connectivity index (χ4v) is 3.62. The summed E-state index contributed by atoms with van der Waals surface area (Å²) in [4.78, 5) is 6.98. The minimum absolute atomic E-state index is 0.323. The predicted molar refractivity (Wildman–Crippen MR) is 85.1 cm³/mol. The highest BCUT2D eigenvalue weighted by Crippen LogP contribution is 2.32. The number of nitrogens with zero attached hydrogens (tertiary/aromatic N) is 2. The van der Waals surface area contributed by atoms with E-state index in [1.165, 1.54) is 11.3 Å². The van der Waals surface area contributed by atoms with Gasteiger partial charge in [-0.2, -0.15) is 11.8 Å². The van der Waals surface area contributed by atoms with E-state index in [-0.39, 0.29) is 0 Å². The van der Waals surface area contributed by atoms with Gasteiger partial charge in [0, 0.05) is 35.8 Å². The maximum absolute atomic E-state index is 4.56. The van der Waals surface area contributed by atoms with Crippen molar-refractivity contribution in [1.29, 1.82) is 0 Å². The van der Waals surface area contributed by atoms with Crippen LogP contribution >= 0.6 is 11.8 Å². The van der Waals surface area contributed by atoms with Crippen molar-refractivity contribution in [2.45, 2.75) is 38.5 Å². The lowest BCUT2D eigenvalue weighted by Gasteiger charge is -2.38. The van der Waals surface area contributed by atoms with Crippen molar-refractivity contribution < 1.29 is 0 Å². The number of pyridine rings is 1. The van der Waals surface area contributed by atoms with Gasteiger partial charge in [-0.05, 0) is 45.0 Å². The number of thioether (sulfide) groups is 1. The molecule has 2 heterocycles. The first-order valence-corrected chi connectivity index (χ1v) is 8.08. The SMILES string of the molecule is CCNC(C)c1ccnc(N2CCSC(C)(C)C2)c1. The molecule has 0 saturated carbocycles. The molecule has 1 fully saturated rings. The number of nitrogens with one attached hydrogen (secondary N) is 1. The summed E-state index contributed by atoms with van der Waals surface area (Å²) in [6.45, 7) is 12.1. The molecule has 1 aromatic heterocycles. The first kappa shape index (κ1) is 14.7. The topological polar surface area (TPSA) is 28.2 Å². The monoisotopic (exact) mass is 279 g/mol. The van der Waals surface area contributed by atoms with Gasteiger partial charge in [-0.3, -0.25) is 0 Å². The minimum atomic E-state index is 0.323. The molecule has 1 N–H and O–H groups in total. The Hall–Kier alpha value is -0.740. The highest BCUT2D eigenvalue weighted by molar-refractivity contribution is 8.00. The molecule has 0 aliphatic carbocycles. The van der Waals surface area contributed by atoms with Crippen molar-refractivity contribution in [2.24, 2.45) is 0 Å². The Labute approximate surface area is 121 Å². The van der Waals surface area contributed by atoms with Crippen LogP contribution in [0.5, 0.6) is 0 Å². The first-order chi connectivity index (χ1) is 9.02. The van der Waals surface area contributed by atoms with Gasteiger partial charge in [-0.25, -0.2) is 4.98 Å². The fourth-order valence-electron chi connectivity index (χ4n) is 2.51. The van der Waals surface area contributed by atoms with Crippen LogP contribution in [0, 0.1) is 0 Å². The molecule has 1 aliphatic rings. The second-order valence-electron chi connectivity index (χ2n) is 5.76. The van der Waals surface area contributed by atoms with E-state index in [1.54, 1.807) is 0 Å². The molecular weight excluding hydrogens is 254 g/mol. The quantitative estimate of drug-likeness (QED) is 0.917. The third-order valence-corrected chi connectivity index (χ3v) is 4.83. The summed E-state index contributed by atoms with van der Waals surface area (Å²) in [5.41, 5.74) is 1.32. The number of rotatable bonds is 4. The minimum Gasteiger partial charge on any atom is -0.354 e. The molecule has 0 spiro atoms. The van der Waals surface area contributed by atoms with Gasteiger partial charge in [0.2, 0.25) is 0 Å². The van der Waals surface area contributed by atoms with Crippen LogP contribution in [-0.4, -0.2) is 35.1 Å². The van der Waals surface area contributed by atoms with Gasteiger partial charge in [0.05, 0.1) is 0 Å². The smallest absolute Gasteiger partial charge is 0.128 e. The van der Waals surface area contributed by atoms with Crippen LogP contribution < -0.4 is 10.2 Å². The van der Waals surface area contributed by atoms with Crippen LogP contribution in [0.15, 0.2) is 18.3 Å². The average molecular weight is 279 g/mol. The number of anilines is 1. The second-order valence-corrected chi connectivity index (χ2v) is 7.56. The molecule has 0 amide bonds. The Balaban J connectivity index is 2.14. The lowest BCUT2D eigenvalue weighted by atomic mass is 10.1. The summed E-state index contributed by atoms with van der Waals surface area (Å²) >= 11 is 2.06. The lowest BCUT2D eigenvalue weighted by Crippen LogP contribution is -2.43. The molecule has 19 heavy (non-hydrogen) atoms. The Kier molecular flexibility index (Phi) is 4.74. The molecule has 1 saturated heterocycles. The second kappa shape index (κ2) is 6.14. The maximum Gasteiger partial charge on any atom is 0.128 e. The van der Waals surface area contributed by atoms with Crippen LogP contribution in [0.3, 0.4) is 0 Å². The van der Waals surface area contributed by atoms with Gasteiger partial charge >= 0.3 is 0 Å². The van der Waals surface area contributed by atoms with Crippen molar-refractivity contribution in [3.05, 3.63) is 23.9 Å². The highest BCUT2D eigenvalue weighted by atomic mass is 32.2. The molecule has 0 bridgehead atoms. The molecule has 4 heteroatoms. The van der Waals surface area contributed by atoms with Crippen LogP contribution in [0.2, 0.25) is 0 Å². The fraction of sp³-hybridized carbons (Fsp3) is 0.667. The van der Waals surface area contributed by atoms with Crippen molar-refractivity contribution >= 4 is 17.6 Å². The van der Waals surface area contributed by atoms with E-state index in [2.05, 4.69) is 66.8 Å². The Morgan fingerprint density at radius 1 is 1.53 bits per heavy atom. The largest absolute Gasteiger partial charge is 0.354 e. The molecule has 3 nitrogen and oxygen atoms in total. The lowest BCUT2D eigenvalue weighted by molar-refractivity contribution is 0.595. The molecule has 0 radical (unpaired) electrons. The van der Waals surface area contributed by atoms with Gasteiger partial charge in [0.1, 0.15) is 5.82 Å². The van der Waals surface area contributed by atoms with Crippen molar-refractivity contribution in [3.8, 4) is 0 Å².